The number of rotatable bonds is 2. The molecule has 0 radical (unpaired) electrons. The van der Waals surface area contributed by atoms with Crippen molar-refractivity contribution >= 4 is 0 Å². The molecule has 0 rings (SSSR count). The zero-order valence-corrected chi connectivity index (χ0v) is 7.35. The van der Waals surface area contributed by atoms with E-state index >= 15 is 0 Å². The first-order valence-corrected chi connectivity index (χ1v) is 3.64. The molecule has 0 saturated carbocycles. The lowest BCUT2D eigenvalue weighted by molar-refractivity contribution is 0.269. The van der Waals surface area contributed by atoms with Crippen molar-refractivity contribution in [1.82, 2.24) is 0 Å². The molecule has 2 N–H and O–H groups in total. The van der Waals surface area contributed by atoms with Crippen LogP contribution in [-0.2, 0) is 4.74 Å². The van der Waals surface area contributed by atoms with Crippen LogP contribution in [0.3, 0.4) is 0 Å². The third kappa shape index (κ3) is 9.06. The summed E-state index contributed by atoms with van der Waals surface area (Å²) < 4.78 is 4.92. The van der Waals surface area contributed by atoms with Crippen LogP contribution in [0.15, 0.2) is 12.3 Å². The summed E-state index contributed by atoms with van der Waals surface area (Å²) in [6.45, 7) is 6.30. The first-order valence-electron chi connectivity index (χ1n) is 3.64. The van der Waals surface area contributed by atoms with Crippen molar-refractivity contribution < 1.29 is 4.74 Å². The highest BCUT2D eigenvalue weighted by Gasteiger charge is 2.02. The molecule has 11 heavy (non-hydrogen) atoms. The van der Waals surface area contributed by atoms with Crippen LogP contribution in [0.5, 0.6) is 0 Å². The van der Waals surface area contributed by atoms with Crippen LogP contribution in [0.1, 0.15) is 20.8 Å². The summed E-state index contributed by atoms with van der Waals surface area (Å²) in [4.78, 5) is 0. The highest BCUT2D eigenvalue weighted by atomic mass is 16.5. The Morgan fingerprint density at radius 3 is 2.64 bits per heavy atom. The molecule has 0 aromatic rings. The molecule has 0 fully saturated rings. The van der Waals surface area contributed by atoms with Gasteiger partial charge in [0.25, 0.3) is 0 Å². The van der Waals surface area contributed by atoms with E-state index in [1.54, 1.807) is 12.3 Å². The summed E-state index contributed by atoms with van der Waals surface area (Å²) in [5.74, 6) is 5.62. The van der Waals surface area contributed by atoms with E-state index in [2.05, 4.69) is 11.8 Å². The highest BCUT2D eigenvalue weighted by molar-refractivity contribution is 5.20. The van der Waals surface area contributed by atoms with Crippen molar-refractivity contribution in [3.05, 3.63) is 12.3 Å². The normalized spacial score (nSPS) is 10.9. The van der Waals surface area contributed by atoms with Gasteiger partial charge in [-0.05, 0) is 20.8 Å². The first-order chi connectivity index (χ1) is 5.06. The Bertz CT molecular complexity index is 178. The van der Waals surface area contributed by atoms with E-state index in [0.29, 0.717) is 6.61 Å². The Labute approximate surface area is 68.4 Å². The van der Waals surface area contributed by atoms with Crippen LogP contribution in [0.4, 0.5) is 0 Å². The summed E-state index contributed by atoms with van der Waals surface area (Å²) >= 11 is 0. The predicted molar refractivity (Wildman–Crippen MR) is 46.8 cm³/mol. The Hall–Kier alpha value is -0.940. The number of nitrogens with two attached hydrogens (primary N) is 1. The lowest BCUT2D eigenvalue weighted by atomic mass is 10.1. The molecule has 0 atom stereocenters. The van der Waals surface area contributed by atoms with Gasteiger partial charge in [0.15, 0.2) is 0 Å². The molecule has 0 amide bonds. The Morgan fingerprint density at radius 1 is 1.55 bits per heavy atom. The number of allylic oxidation sites excluding steroid dienone is 1. The van der Waals surface area contributed by atoms with Gasteiger partial charge in [0.05, 0.1) is 18.4 Å². The van der Waals surface area contributed by atoms with Crippen molar-refractivity contribution in [2.75, 3.05) is 6.61 Å². The molecule has 0 aliphatic heterocycles. The molecule has 62 valence electrons. The maximum Gasteiger partial charge on any atom is 0.0912 e. The van der Waals surface area contributed by atoms with E-state index < -0.39 is 5.54 Å². The van der Waals surface area contributed by atoms with Crippen molar-refractivity contribution in [3.63, 3.8) is 0 Å². The Balaban J connectivity index is 3.72. The summed E-state index contributed by atoms with van der Waals surface area (Å²) in [5, 5.41) is 0. The molecular weight excluding hydrogens is 138 g/mol. The second-order valence-electron chi connectivity index (χ2n) is 2.75. The number of hydrogen-bond donors (Lipinski definition) is 1. The van der Waals surface area contributed by atoms with Crippen LogP contribution in [0.2, 0.25) is 0 Å². The first kappa shape index (κ1) is 10.1. The van der Waals surface area contributed by atoms with Gasteiger partial charge in [-0.25, -0.2) is 0 Å². The molecule has 0 heterocycles. The summed E-state index contributed by atoms with van der Waals surface area (Å²) in [5.41, 5.74) is 5.18. The fourth-order valence-corrected chi connectivity index (χ4v) is 0.406. The van der Waals surface area contributed by atoms with E-state index in [1.165, 1.54) is 0 Å². The van der Waals surface area contributed by atoms with Gasteiger partial charge in [0.2, 0.25) is 0 Å². The lowest BCUT2D eigenvalue weighted by Gasteiger charge is -2.06. The summed E-state index contributed by atoms with van der Waals surface area (Å²) in [7, 11) is 0. The van der Waals surface area contributed by atoms with Gasteiger partial charge in [-0.2, -0.15) is 0 Å². The second kappa shape index (κ2) is 4.81. The largest absolute Gasteiger partial charge is 0.501 e. The van der Waals surface area contributed by atoms with Crippen molar-refractivity contribution in [2.24, 2.45) is 5.73 Å². The van der Waals surface area contributed by atoms with Gasteiger partial charge in [-0.1, -0.05) is 11.8 Å². The van der Waals surface area contributed by atoms with Gasteiger partial charge in [0.1, 0.15) is 0 Å². The minimum absolute atomic E-state index is 0.420. The van der Waals surface area contributed by atoms with Gasteiger partial charge >= 0.3 is 0 Å². The average molecular weight is 153 g/mol. The number of hydrogen-bond acceptors (Lipinski definition) is 2. The third-order valence-corrected chi connectivity index (χ3v) is 0.809. The standard InChI is InChI=1S/C9H15NO/c1-4-11-8-6-5-7-9(2,3)10/h6,8H,4,10H2,1-3H3/b8-6+. The van der Waals surface area contributed by atoms with Crippen LogP contribution in [0.25, 0.3) is 0 Å². The monoisotopic (exact) mass is 153 g/mol. The van der Waals surface area contributed by atoms with E-state index in [-0.39, 0.29) is 0 Å². The third-order valence-electron chi connectivity index (χ3n) is 0.809. The smallest absolute Gasteiger partial charge is 0.0912 e. The topological polar surface area (TPSA) is 35.2 Å². The zero-order chi connectivity index (χ0) is 8.74. The van der Waals surface area contributed by atoms with Crippen LogP contribution in [0, 0.1) is 11.8 Å². The Morgan fingerprint density at radius 2 is 2.18 bits per heavy atom. The Kier molecular flexibility index (Phi) is 4.40. The molecule has 0 bridgehead atoms. The minimum atomic E-state index is -0.420. The van der Waals surface area contributed by atoms with Gasteiger partial charge in [-0.3, -0.25) is 0 Å². The van der Waals surface area contributed by atoms with Gasteiger partial charge in [-0.15, -0.1) is 0 Å². The van der Waals surface area contributed by atoms with Crippen molar-refractivity contribution in [3.8, 4) is 11.8 Å². The molecule has 2 nitrogen and oxygen atoms in total. The summed E-state index contributed by atoms with van der Waals surface area (Å²) in [6.07, 6.45) is 3.22. The van der Waals surface area contributed by atoms with E-state index in [0.717, 1.165) is 0 Å². The molecule has 0 spiro atoms. The number of ether oxygens (including phenoxy) is 1. The highest BCUT2D eigenvalue weighted by Crippen LogP contribution is 1.91. The van der Waals surface area contributed by atoms with Crippen molar-refractivity contribution in [1.29, 1.82) is 0 Å². The van der Waals surface area contributed by atoms with Crippen LogP contribution < -0.4 is 5.73 Å². The molecule has 0 aliphatic rings. The fraction of sp³-hybridized carbons (Fsp3) is 0.556. The summed E-state index contributed by atoms with van der Waals surface area (Å²) in [6, 6.07) is 0. The molecule has 0 saturated heterocycles. The molecule has 0 aromatic carbocycles. The zero-order valence-electron chi connectivity index (χ0n) is 7.35. The minimum Gasteiger partial charge on any atom is -0.501 e. The molecular formula is C9H15NO. The van der Waals surface area contributed by atoms with Gasteiger partial charge in [0, 0.05) is 6.08 Å². The predicted octanol–water partition coefficient (Wildman–Crippen LogP) is 1.28. The van der Waals surface area contributed by atoms with Crippen LogP contribution >= 0.6 is 0 Å². The fourth-order valence-electron chi connectivity index (χ4n) is 0.406. The quantitative estimate of drug-likeness (QED) is 0.479. The van der Waals surface area contributed by atoms with E-state index in [1.807, 2.05) is 20.8 Å². The average Bonchev–Trinajstić information content (AvgIpc) is 1.85. The van der Waals surface area contributed by atoms with Crippen LogP contribution in [-0.4, -0.2) is 12.1 Å². The maximum absolute atomic E-state index is 5.60. The van der Waals surface area contributed by atoms with Gasteiger partial charge < -0.3 is 10.5 Å². The lowest BCUT2D eigenvalue weighted by Crippen LogP contribution is -2.29. The molecule has 2 heteroatoms. The SMILES string of the molecule is CCO/C=C/C#CC(C)(C)N. The maximum atomic E-state index is 5.60. The molecule has 0 unspecified atom stereocenters. The molecule has 0 aliphatic carbocycles. The molecule has 0 aromatic heterocycles. The van der Waals surface area contributed by atoms with E-state index in [4.69, 9.17) is 10.5 Å². The van der Waals surface area contributed by atoms with E-state index in [9.17, 15) is 0 Å². The van der Waals surface area contributed by atoms with Crippen molar-refractivity contribution in [2.45, 2.75) is 26.3 Å². The second-order valence-corrected chi connectivity index (χ2v) is 2.75.